The topological polar surface area (TPSA) is 50.9 Å². The Morgan fingerprint density at radius 2 is 1.74 bits per heavy atom. The number of fused-ring (bicyclic) bond motifs is 5. The molecule has 0 N–H and O–H groups in total. The van der Waals surface area contributed by atoms with Crippen LogP contribution in [0.2, 0.25) is 0 Å². The maximum atomic E-state index is 13.3. The minimum atomic E-state index is 0.216. The predicted molar refractivity (Wildman–Crippen MR) is 119 cm³/mol. The van der Waals surface area contributed by atoms with Gasteiger partial charge in [-0.1, -0.05) is 24.3 Å². The van der Waals surface area contributed by atoms with E-state index in [1.165, 1.54) is 23.1 Å². The molecule has 6 nitrogen and oxygen atoms in total. The van der Waals surface area contributed by atoms with Gasteiger partial charge in [0.1, 0.15) is 5.58 Å². The molecule has 3 aromatic rings. The number of hydrogen-bond acceptors (Lipinski definition) is 5. The van der Waals surface area contributed by atoms with E-state index in [2.05, 4.69) is 38.6 Å². The summed E-state index contributed by atoms with van der Waals surface area (Å²) in [6.45, 7) is 7.85. The van der Waals surface area contributed by atoms with Gasteiger partial charge in [0.2, 0.25) is 0 Å². The molecule has 2 atom stereocenters. The number of pyridine rings is 1. The van der Waals surface area contributed by atoms with E-state index in [1.54, 1.807) is 0 Å². The minimum absolute atomic E-state index is 0.216. The second-order valence-corrected chi connectivity index (χ2v) is 9.34. The maximum absolute atomic E-state index is 13.3. The normalized spacial score (nSPS) is 24.4. The van der Waals surface area contributed by atoms with E-state index in [0.717, 1.165) is 70.2 Å². The van der Waals surface area contributed by atoms with E-state index in [1.807, 2.05) is 18.4 Å². The zero-order valence-electron chi connectivity index (χ0n) is 17.8. The molecule has 3 aliphatic heterocycles. The summed E-state index contributed by atoms with van der Waals surface area (Å²) in [6, 6.07) is 12.6. The van der Waals surface area contributed by atoms with E-state index in [4.69, 9.17) is 9.15 Å². The van der Waals surface area contributed by atoms with Crippen molar-refractivity contribution >= 4 is 11.0 Å². The molecule has 2 bridgehead atoms. The third kappa shape index (κ3) is 3.63. The third-order valence-corrected chi connectivity index (χ3v) is 7.21. The Morgan fingerprint density at radius 1 is 0.903 bits per heavy atom. The number of furan rings is 1. The Labute approximate surface area is 182 Å². The van der Waals surface area contributed by atoms with E-state index in [-0.39, 0.29) is 5.56 Å². The van der Waals surface area contributed by atoms with Crippen LogP contribution in [0.25, 0.3) is 11.0 Å². The largest absolute Gasteiger partial charge is 0.464 e. The summed E-state index contributed by atoms with van der Waals surface area (Å²) in [5.74, 6) is 0.955. The molecule has 0 amide bonds. The van der Waals surface area contributed by atoms with Crippen molar-refractivity contribution in [1.82, 2.24) is 14.4 Å². The smallest absolute Gasteiger partial charge is 0.255 e. The van der Waals surface area contributed by atoms with E-state index >= 15 is 0 Å². The number of benzene rings is 1. The highest BCUT2D eigenvalue weighted by molar-refractivity contribution is 5.80. The molecule has 6 heteroatoms. The van der Waals surface area contributed by atoms with Crippen molar-refractivity contribution in [3.63, 3.8) is 0 Å². The quantitative estimate of drug-likeness (QED) is 0.651. The predicted octanol–water partition coefficient (Wildman–Crippen LogP) is 3.05. The first kappa shape index (κ1) is 19.3. The monoisotopic (exact) mass is 419 g/mol. The van der Waals surface area contributed by atoms with Gasteiger partial charge in [0.05, 0.1) is 19.5 Å². The fraction of sp³-hybridized carbons (Fsp3) is 0.480. The lowest BCUT2D eigenvalue weighted by molar-refractivity contribution is 0.0338. The van der Waals surface area contributed by atoms with Crippen LogP contribution in [0.5, 0.6) is 0 Å². The molecule has 0 spiro atoms. The summed E-state index contributed by atoms with van der Waals surface area (Å²) in [5, 5.41) is 1.21. The standard InChI is InChI=1S/C25H29N3O3/c29-25-19(14-26-7-9-30-10-8-26)5-6-23-20-11-18(13-28(23)25)12-27(15-20)16-21-17-31-24-4-2-1-3-22(21)24/h1-6,17-18,20H,7-16H2/t18-,20+/m0/s1. The zero-order chi connectivity index (χ0) is 20.8. The van der Waals surface area contributed by atoms with Gasteiger partial charge in [0.25, 0.3) is 5.56 Å². The van der Waals surface area contributed by atoms with Crippen LogP contribution >= 0.6 is 0 Å². The highest BCUT2D eigenvalue weighted by Crippen LogP contribution is 2.36. The zero-order valence-corrected chi connectivity index (χ0v) is 17.8. The van der Waals surface area contributed by atoms with Crippen molar-refractivity contribution in [3.05, 3.63) is 69.8 Å². The molecule has 162 valence electrons. The van der Waals surface area contributed by atoms with Crippen LogP contribution < -0.4 is 5.56 Å². The first-order chi connectivity index (χ1) is 15.2. The molecule has 2 saturated heterocycles. The molecular formula is C25H29N3O3. The molecule has 0 radical (unpaired) electrons. The molecule has 0 unspecified atom stereocenters. The number of piperidine rings is 1. The molecule has 31 heavy (non-hydrogen) atoms. The Kier molecular flexibility index (Phi) is 4.94. The Morgan fingerprint density at radius 3 is 2.65 bits per heavy atom. The fourth-order valence-corrected chi connectivity index (χ4v) is 5.74. The van der Waals surface area contributed by atoms with Gasteiger partial charge >= 0.3 is 0 Å². The van der Waals surface area contributed by atoms with Crippen LogP contribution in [-0.4, -0.2) is 53.8 Å². The summed E-state index contributed by atoms with van der Waals surface area (Å²) < 4.78 is 13.3. The van der Waals surface area contributed by atoms with E-state index in [0.29, 0.717) is 11.8 Å². The molecule has 2 fully saturated rings. The second kappa shape index (κ2) is 7.93. The molecule has 6 rings (SSSR count). The molecule has 5 heterocycles. The van der Waals surface area contributed by atoms with Crippen molar-refractivity contribution in [1.29, 1.82) is 0 Å². The number of nitrogens with zero attached hydrogens (tertiary/aromatic N) is 3. The Hall–Kier alpha value is -2.41. The molecular weight excluding hydrogens is 390 g/mol. The SMILES string of the molecule is O=c1c(CN2CCOCC2)ccc2n1C[C@H]1C[C@@H]2CN(Cc2coc3ccccc23)C1. The number of ether oxygens (including phenoxy) is 1. The van der Waals surface area contributed by atoms with Crippen LogP contribution in [0.4, 0.5) is 0 Å². The van der Waals surface area contributed by atoms with Gasteiger partial charge in [-0.25, -0.2) is 0 Å². The number of aromatic nitrogens is 1. The average Bonchev–Trinajstić information content (AvgIpc) is 3.20. The number of para-hydroxylation sites is 1. The summed E-state index contributed by atoms with van der Waals surface area (Å²) in [4.78, 5) is 18.2. The first-order valence-corrected chi connectivity index (χ1v) is 11.4. The van der Waals surface area contributed by atoms with Gasteiger partial charge in [-0.2, -0.15) is 0 Å². The lowest BCUT2D eigenvalue weighted by Gasteiger charge is -2.43. The number of hydrogen-bond donors (Lipinski definition) is 0. The molecule has 0 saturated carbocycles. The van der Waals surface area contributed by atoms with Crippen molar-refractivity contribution in [2.24, 2.45) is 5.92 Å². The summed E-state index contributed by atoms with van der Waals surface area (Å²) in [5.41, 5.74) is 4.57. The highest BCUT2D eigenvalue weighted by atomic mass is 16.5. The fourth-order valence-electron chi connectivity index (χ4n) is 5.74. The minimum Gasteiger partial charge on any atom is -0.464 e. The van der Waals surface area contributed by atoms with Gasteiger partial charge < -0.3 is 13.7 Å². The van der Waals surface area contributed by atoms with Gasteiger partial charge in [-0.15, -0.1) is 0 Å². The molecule has 0 aliphatic carbocycles. The molecule has 1 aromatic carbocycles. The number of likely N-dealkylation sites (tertiary alicyclic amines) is 1. The van der Waals surface area contributed by atoms with Crippen LogP contribution in [0.3, 0.4) is 0 Å². The van der Waals surface area contributed by atoms with Crippen molar-refractivity contribution in [2.75, 3.05) is 39.4 Å². The van der Waals surface area contributed by atoms with Crippen LogP contribution in [-0.2, 0) is 24.4 Å². The van der Waals surface area contributed by atoms with E-state index in [9.17, 15) is 4.79 Å². The van der Waals surface area contributed by atoms with Crippen LogP contribution in [0.1, 0.15) is 29.2 Å². The van der Waals surface area contributed by atoms with Crippen LogP contribution in [0.15, 0.2) is 51.9 Å². The second-order valence-electron chi connectivity index (χ2n) is 9.34. The number of rotatable bonds is 4. The molecule has 3 aliphatic rings. The summed E-state index contributed by atoms with van der Waals surface area (Å²) in [7, 11) is 0. The summed E-state index contributed by atoms with van der Waals surface area (Å²) in [6.07, 6.45) is 3.09. The average molecular weight is 420 g/mol. The lowest BCUT2D eigenvalue weighted by atomic mass is 9.82. The van der Waals surface area contributed by atoms with Gasteiger partial charge in [0.15, 0.2) is 0 Å². The first-order valence-electron chi connectivity index (χ1n) is 11.4. The Bertz CT molecular complexity index is 1140. The van der Waals surface area contributed by atoms with Crippen molar-refractivity contribution in [3.8, 4) is 0 Å². The third-order valence-electron chi connectivity index (χ3n) is 7.21. The van der Waals surface area contributed by atoms with Crippen LogP contribution in [0, 0.1) is 5.92 Å². The van der Waals surface area contributed by atoms with Crippen molar-refractivity contribution < 1.29 is 9.15 Å². The van der Waals surface area contributed by atoms with Gasteiger partial charge in [0, 0.05) is 73.9 Å². The summed E-state index contributed by atoms with van der Waals surface area (Å²) >= 11 is 0. The van der Waals surface area contributed by atoms with Gasteiger partial charge in [-0.3, -0.25) is 14.6 Å². The van der Waals surface area contributed by atoms with E-state index < -0.39 is 0 Å². The lowest BCUT2D eigenvalue weighted by Crippen LogP contribution is -2.47. The molecule has 2 aromatic heterocycles. The van der Waals surface area contributed by atoms with Gasteiger partial charge in [-0.05, 0) is 24.5 Å². The highest BCUT2D eigenvalue weighted by Gasteiger charge is 2.35. The maximum Gasteiger partial charge on any atom is 0.255 e. The van der Waals surface area contributed by atoms with Crippen molar-refractivity contribution in [2.45, 2.75) is 32.0 Å². The Balaban J connectivity index is 1.22. The number of morpholine rings is 1.